The molecule has 0 saturated carbocycles. The molecule has 2 amide bonds. The number of likely N-dealkylation sites (tertiary alicyclic amines) is 1. The molecule has 1 unspecified atom stereocenters. The van der Waals surface area contributed by atoms with Crippen LogP contribution >= 0.6 is 0 Å². The van der Waals surface area contributed by atoms with Crippen molar-refractivity contribution in [2.75, 3.05) is 26.2 Å². The lowest BCUT2D eigenvalue weighted by Crippen LogP contribution is -2.43. The van der Waals surface area contributed by atoms with Crippen molar-refractivity contribution in [3.8, 4) is 0 Å². The first-order valence-electron chi connectivity index (χ1n) is 9.60. The van der Waals surface area contributed by atoms with Crippen LogP contribution in [-0.2, 0) is 16.1 Å². The summed E-state index contributed by atoms with van der Waals surface area (Å²) in [7, 11) is 0. The molecule has 6 nitrogen and oxygen atoms in total. The Labute approximate surface area is 156 Å². The minimum Gasteiger partial charge on any atom is -0.445 e. The van der Waals surface area contributed by atoms with Crippen LogP contribution in [0.25, 0.3) is 0 Å². The summed E-state index contributed by atoms with van der Waals surface area (Å²) in [6.45, 7) is 5.91. The van der Waals surface area contributed by atoms with E-state index in [1.54, 1.807) is 0 Å². The molecule has 1 aromatic rings. The molecule has 1 heterocycles. The van der Waals surface area contributed by atoms with Gasteiger partial charge in [-0.15, -0.1) is 0 Å². The van der Waals surface area contributed by atoms with Crippen molar-refractivity contribution in [3.05, 3.63) is 35.9 Å². The first kappa shape index (κ1) is 20.2. The van der Waals surface area contributed by atoms with Crippen molar-refractivity contribution < 1.29 is 14.3 Å². The van der Waals surface area contributed by atoms with Crippen molar-refractivity contribution in [3.63, 3.8) is 0 Å². The van der Waals surface area contributed by atoms with Gasteiger partial charge in [-0.05, 0) is 44.8 Å². The summed E-state index contributed by atoms with van der Waals surface area (Å²) in [6, 6.07) is 9.69. The average molecular weight is 361 g/mol. The highest BCUT2D eigenvalue weighted by atomic mass is 16.5. The number of amides is 2. The van der Waals surface area contributed by atoms with E-state index in [2.05, 4.69) is 15.5 Å². The van der Waals surface area contributed by atoms with E-state index in [9.17, 15) is 9.59 Å². The molecule has 1 saturated heterocycles. The first-order chi connectivity index (χ1) is 12.6. The van der Waals surface area contributed by atoms with Crippen LogP contribution in [0.4, 0.5) is 4.79 Å². The number of rotatable bonds is 9. The summed E-state index contributed by atoms with van der Waals surface area (Å²) in [5, 5.41) is 5.72. The molecule has 1 aliphatic rings. The second-order valence-electron chi connectivity index (χ2n) is 6.92. The standard InChI is InChI=1S/C20H31N3O3/c1-17(15-23-13-6-3-7-14-23)22-19(24)11-8-12-21-20(25)26-16-18-9-4-2-5-10-18/h2,4-5,9-10,17H,3,6-8,11-16H2,1H3,(H,21,25)(H,22,24). The summed E-state index contributed by atoms with van der Waals surface area (Å²) in [6.07, 6.45) is 4.39. The monoisotopic (exact) mass is 361 g/mol. The molecule has 0 radical (unpaired) electrons. The van der Waals surface area contributed by atoms with Gasteiger partial charge >= 0.3 is 6.09 Å². The third-order valence-corrected chi connectivity index (χ3v) is 4.45. The predicted molar refractivity (Wildman–Crippen MR) is 102 cm³/mol. The number of alkyl carbamates (subject to hydrolysis) is 1. The number of hydrogen-bond donors (Lipinski definition) is 2. The van der Waals surface area contributed by atoms with Crippen molar-refractivity contribution in [1.29, 1.82) is 0 Å². The van der Waals surface area contributed by atoms with E-state index in [4.69, 9.17) is 4.74 Å². The van der Waals surface area contributed by atoms with E-state index in [-0.39, 0.29) is 18.6 Å². The molecule has 1 atom stereocenters. The Morgan fingerprint density at radius 2 is 1.88 bits per heavy atom. The third-order valence-electron chi connectivity index (χ3n) is 4.45. The Balaban J connectivity index is 1.50. The molecule has 6 heteroatoms. The Bertz CT molecular complexity index is 544. The smallest absolute Gasteiger partial charge is 0.407 e. The zero-order chi connectivity index (χ0) is 18.6. The van der Waals surface area contributed by atoms with Crippen LogP contribution < -0.4 is 10.6 Å². The van der Waals surface area contributed by atoms with E-state index >= 15 is 0 Å². The average Bonchev–Trinajstić information content (AvgIpc) is 2.65. The zero-order valence-corrected chi connectivity index (χ0v) is 15.7. The minimum absolute atomic E-state index is 0.0361. The van der Waals surface area contributed by atoms with E-state index in [0.29, 0.717) is 19.4 Å². The fourth-order valence-electron chi connectivity index (χ4n) is 3.14. The maximum atomic E-state index is 12.0. The van der Waals surface area contributed by atoms with Gasteiger partial charge in [-0.1, -0.05) is 36.8 Å². The highest BCUT2D eigenvalue weighted by Gasteiger charge is 2.14. The fourth-order valence-corrected chi connectivity index (χ4v) is 3.14. The maximum Gasteiger partial charge on any atom is 0.407 e. The molecule has 26 heavy (non-hydrogen) atoms. The lowest BCUT2D eigenvalue weighted by atomic mass is 10.1. The number of ether oxygens (including phenoxy) is 1. The second-order valence-corrected chi connectivity index (χ2v) is 6.92. The van der Waals surface area contributed by atoms with Gasteiger partial charge in [0, 0.05) is 25.6 Å². The van der Waals surface area contributed by atoms with Crippen molar-refractivity contribution >= 4 is 12.0 Å². The lowest BCUT2D eigenvalue weighted by molar-refractivity contribution is -0.121. The van der Waals surface area contributed by atoms with Crippen LogP contribution in [0.15, 0.2) is 30.3 Å². The molecule has 2 rings (SSSR count). The summed E-state index contributed by atoms with van der Waals surface area (Å²) in [5.41, 5.74) is 0.949. The van der Waals surface area contributed by atoms with E-state index in [1.165, 1.54) is 19.3 Å². The molecule has 1 fully saturated rings. The Kier molecular flexibility index (Phi) is 8.96. The number of carbonyl (C=O) groups excluding carboxylic acids is 2. The van der Waals surface area contributed by atoms with Crippen molar-refractivity contribution in [2.45, 2.75) is 51.7 Å². The minimum atomic E-state index is -0.451. The van der Waals surface area contributed by atoms with Gasteiger partial charge in [-0.3, -0.25) is 4.79 Å². The number of nitrogens with zero attached hydrogens (tertiary/aromatic N) is 1. The third kappa shape index (κ3) is 8.34. The Hall–Kier alpha value is -2.08. The van der Waals surface area contributed by atoms with Crippen molar-refractivity contribution in [1.82, 2.24) is 15.5 Å². The number of carbonyl (C=O) groups is 2. The van der Waals surface area contributed by atoms with Crippen LogP contribution in [-0.4, -0.2) is 49.1 Å². The van der Waals surface area contributed by atoms with Crippen LogP contribution in [0.3, 0.4) is 0 Å². The summed E-state index contributed by atoms with van der Waals surface area (Å²) >= 11 is 0. The topological polar surface area (TPSA) is 70.7 Å². The van der Waals surface area contributed by atoms with Crippen LogP contribution in [0, 0.1) is 0 Å². The van der Waals surface area contributed by atoms with Gasteiger partial charge in [0.15, 0.2) is 0 Å². The van der Waals surface area contributed by atoms with Gasteiger partial charge in [0.2, 0.25) is 5.91 Å². The Morgan fingerprint density at radius 3 is 2.62 bits per heavy atom. The van der Waals surface area contributed by atoms with Gasteiger partial charge in [-0.2, -0.15) is 0 Å². The van der Waals surface area contributed by atoms with E-state index in [1.807, 2.05) is 37.3 Å². The highest BCUT2D eigenvalue weighted by molar-refractivity contribution is 5.76. The lowest BCUT2D eigenvalue weighted by Gasteiger charge is -2.29. The largest absolute Gasteiger partial charge is 0.445 e. The van der Waals surface area contributed by atoms with E-state index < -0.39 is 6.09 Å². The molecule has 1 aliphatic heterocycles. The van der Waals surface area contributed by atoms with Crippen LogP contribution in [0.2, 0.25) is 0 Å². The van der Waals surface area contributed by atoms with Gasteiger partial charge < -0.3 is 20.3 Å². The molecular formula is C20H31N3O3. The molecule has 0 bridgehead atoms. The molecule has 1 aromatic carbocycles. The first-order valence-corrected chi connectivity index (χ1v) is 9.60. The highest BCUT2D eigenvalue weighted by Crippen LogP contribution is 2.08. The number of benzene rings is 1. The normalized spacial score (nSPS) is 15.9. The SMILES string of the molecule is CC(CN1CCCCC1)NC(=O)CCCNC(=O)OCc1ccccc1. The number of hydrogen-bond acceptors (Lipinski definition) is 4. The molecule has 0 aromatic heterocycles. The number of nitrogens with one attached hydrogen (secondary N) is 2. The molecule has 2 N–H and O–H groups in total. The summed E-state index contributed by atoms with van der Waals surface area (Å²) in [4.78, 5) is 26.0. The van der Waals surface area contributed by atoms with Crippen LogP contribution in [0.5, 0.6) is 0 Å². The van der Waals surface area contributed by atoms with Crippen LogP contribution in [0.1, 0.15) is 44.6 Å². The summed E-state index contributed by atoms with van der Waals surface area (Å²) < 4.78 is 5.13. The summed E-state index contributed by atoms with van der Waals surface area (Å²) in [5.74, 6) is 0.0361. The van der Waals surface area contributed by atoms with Gasteiger partial charge in [-0.25, -0.2) is 4.79 Å². The van der Waals surface area contributed by atoms with E-state index in [0.717, 1.165) is 25.2 Å². The van der Waals surface area contributed by atoms with Gasteiger partial charge in [0.05, 0.1) is 0 Å². The molecular weight excluding hydrogens is 330 g/mol. The van der Waals surface area contributed by atoms with Gasteiger partial charge in [0.1, 0.15) is 6.61 Å². The quantitative estimate of drug-likeness (QED) is 0.664. The van der Waals surface area contributed by atoms with Gasteiger partial charge in [0.25, 0.3) is 0 Å². The number of piperidine rings is 1. The van der Waals surface area contributed by atoms with Crippen molar-refractivity contribution in [2.24, 2.45) is 0 Å². The molecule has 0 spiro atoms. The Morgan fingerprint density at radius 1 is 1.15 bits per heavy atom. The molecule has 0 aliphatic carbocycles. The predicted octanol–water partition coefficient (Wildman–Crippen LogP) is 2.68. The molecule has 144 valence electrons. The fraction of sp³-hybridized carbons (Fsp3) is 0.600. The zero-order valence-electron chi connectivity index (χ0n) is 15.7. The second kappa shape index (κ2) is 11.5. The maximum absolute atomic E-state index is 12.0.